The molecule has 0 atom stereocenters. The van der Waals surface area contributed by atoms with Gasteiger partial charge in [0.05, 0.1) is 0 Å². The molecular formula is C10H13F. The minimum absolute atomic E-state index is 0.842. The number of hydrogen-bond acceptors (Lipinski definition) is 0. The van der Waals surface area contributed by atoms with Crippen LogP contribution in [0.15, 0.2) is 0 Å². The lowest BCUT2D eigenvalue weighted by molar-refractivity contribution is 0.680. The summed E-state index contributed by atoms with van der Waals surface area (Å²) in [5, 5.41) is 0. The van der Waals surface area contributed by atoms with Crippen molar-refractivity contribution in [1.29, 1.82) is 0 Å². The fourth-order valence-corrected chi connectivity index (χ4v) is 0.770. The zero-order valence-electron chi connectivity index (χ0n) is 6.91. The summed E-state index contributed by atoms with van der Waals surface area (Å²) in [7, 11) is 0. The molecule has 60 valence electrons. The molecule has 0 rings (SSSR count). The van der Waals surface area contributed by atoms with Crippen molar-refractivity contribution in [2.45, 2.75) is 39.0 Å². The summed E-state index contributed by atoms with van der Waals surface area (Å²) in [6.45, 7) is 2.17. The standard InChI is InChI=1S/C10H13F/c1-2-3-4-5-6-7-8-9-10-11/h2-6H2,1H3. The van der Waals surface area contributed by atoms with E-state index in [4.69, 9.17) is 0 Å². The quantitative estimate of drug-likeness (QED) is 0.429. The highest BCUT2D eigenvalue weighted by Crippen LogP contribution is 2.00. The first kappa shape index (κ1) is 10.0. The van der Waals surface area contributed by atoms with E-state index in [1.807, 2.05) is 0 Å². The molecule has 0 nitrogen and oxygen atoms in total. The van der Waals surface area contributed by atoms with Crippen molar-refractivity contribution in [2.75, 3.05) is 0 Å². The lowest BCUT2D eigenvalue weighted by atomic mass is 10.2. The van der Waals surface area contributed by atoms with Gasteiger partial charge in [-0.15, -0.1) is 4.39 Å². The lowest BCUT2D eigenvalue weighted by Crippen LogP contribution is -1.73. The van der Waals surface area contributed by atoms with Crippen molar-refractivity contribution in [1.82, 2.24) is 0 Å². The summed E-state index contributed by atoms with van der Waals surface area (Å²) < 4.78 is 11.2. The van der Waals surface area contributed by atoms with Gasteiger partial charge in [-0.25, -0.2) is 0 Å². The Bertz CT molecular complexity index is 184. The van der Waals surface area contributed by atoms with Crippen LogP contribution in [0.1, 0.15) is 39.0 Å². The molecule has 0 aliphatic carbocycles. The molecule has 0 saturated carbocycles. The molecule has 0 aromatic heterocycles. The summed E-state index contributed by atoms with van der Waals surface area (Å²) in [5.41, 5.74) is 0. The summed E-state index contributed by atoms with van der Waals surface area (Å²) in [5.74, 6) is 7.27. The van der Waals surface area contributed by atoms with Crippen LogP contribution in [0.3, 0.4) is 0 Å². The molecule has 0 aliphatic heterocycles. The van der Waals surface area contributed by atoms with E-state index in [0.717, 1.165) is 12.8 Å². The largest absolute Gasteiger partial charge is 0.143 e. The predicted octanol–water partition coefficient (Wildman–Crippen LogP) is 2.89. The fraction of sp³-hybridized carbons (Fsp3) is 0.600. The van der Waals surface area contributed by atoms with E-state index >= 15 is 0 Å². The molecule has 0 N–H and O–H groups in total. The molecule has 0 saturated heterocycles. The Balaban J connectivity index is 3.13. The number of halogens is 1. The molecule has 0 radical (unpaired) electrons. The minimum Gasteiger partial charge on any atom is -0.143 e. The highest BCUT2D eigenvalue weighted by molar-refractivity contribution is 5.23. The van der Waals surface area contributed by atoms with Gasteiger partial charge in [0.25, 0.3) is 0 Å². The molecule has 0 fully saturated rings. The Morgan fingerprint density at radius 1 is 1.09 bits per heavy atom. The molecule has 0 bridgehead atoms. The lowest BCUT2D eigenvalue weighted by Gasteiger charge is -1.90. The summed E-state index contributed by atoms with van der Waals surface area (Å²) >= 11 is 0. The maximum atomic E-state index is 11.2. The molecule has 0 aromatic carbocycles. The predicted molar refractivity (Wildman–Crippen MR) is 45.4 cm³/mol. The zero-order chi connectivity index (χ0) is 8.36. The molecule has 0 spiro atoms. The zero-order valence-corrected chi connectivity index (χ0v) is 6.91. The third-order valence-corrected chi connectivity index (χ3v) is 1.35. The fourth-order valence-electron chi connectivity index (χ4n) is 0.770. The van der Waals surface area contributed by atoms with E-state index in [9.17, 15) is 4.39 Å². The van der Waals surface area contributed by atoms with Gasteiger partial charge in [0, 0.05) is 12.3 Å². The van der Waals surface area contributed by atoms with Crippen LogP contribution in [0.5, 0.6) is 0 Å². The van der Waals surface area contributed by atoms with Crippen LogP contribution >= 0.6 is 0 Å². The molecule has 0 aromatic rings. The second kappa shape index (κ2) is 9.05. The average Bonchev–Trinajstić information content (AvgIpc) is 2.03. The van der Waals surface area contributed by atoms with Gasteiger partial charge >= 0.3 is 0 Å². The van der Waals surface area contributed by atoms with E-state index < -0.39 is 0 Å². The third kappa shape index (κ3) is 9.05. The van der Waals surface area contributed by atoms with Gasteiger partial charge in [0.15, 0.2) is 0 Å². The van der Waals surface area contributed by atoms with Gasteiger partial charge in [0.1, 0.15) is 6.17 Å². The van der Waals surface area contributed by atoms with Gasteiger partial charge in [-0.1, -0.05) is 32.1 Å². The van der Waals surface area contributed by atoms with Crippen molar-refractivity contribution in [3.05, 3.63) is 0 Å². The number of rotatable bonds is 4. The molecule has 1 heteroatoms. The maximum absolute atomic E-state index is 11.2. The van der Waals surface area contributed by atoms with E-state index in [-0.39, 0.29) is 0 Å². The van der Waals surface area contributed by atoms with Crippen molar-refractivity contribution in [2.24, 2.45) is 0 Å². The molecule has 0 aliphatic rings. The Morgan fingerprint density at radius 2 is 1.91 bits per heavy atom. The highest BCUT2D eigenvalue weighted by Gasteiger charge is 1.82. The first-order valence-electron chi connectivity index (χ1n) is 4.00. The monoisotopic (exact) mass is 152 g/mol. The van der Waals surface area contributed by atoms with Gasteiger partial charge in [-0.3, -0.25) is 0 Å². The van der Waals surface area contributed by atoms with Crippen LogP contribution in [0.4, 0.5) is 4.39 Å². The van der Waals surface area contributed by atoms with Gasteiger partial charge in [-0.05, 0) is 12.3 Å². The Hall–Kier alpha value is -0.950. The van der Waals surface area contributed by atoms with Crippen molar-refractivity contribution in [3.63, 3.8) is 0 Å². The van der Waals surface area contributed by atoms with Crippen LogP contribution in [-0.2, 0) is 0 Å². The van der Waals surface area contributed by atoms with Crippen LogP contribution in [-0.4, -0.2) is 0 Å². The van der Waals surface area contributed by atoms with Crippen LogP contribution in [0.2, 0.25) is 0 Å². The van der Waals surface area contributed by atoms with Gasteiger partial charge in [0.2, 0.25) is 0 Å². The average molecular weight is 152 g/mol. The third-order valence-electron chi connectivity index (χ3n) is 1.35. The molecule has 0 amide bonds. The van der Waals surface area contributed by atoms with E-state index in [2.05, 4.69) is 24.7 Å². The maximum Gasteiger partial charge on any atom is 0.119 e. The molecule has 11 heavy (non-hydrogen) atoms. The Morgan fingerprint density at radius 3 is 2.55 bits per heavy atom. The first-order valence-corrected chi connectivity index (χ1v) is 4.00. The molecule has 0 unspecified atom stereocenters. The summed E-state index contributed by atoms with van der Waals surface area (Å²) in [6, 6.07) is 0. The molecule has 0 heterocycles. The highest BCUT2D eigenvalue weighted by atomic mass is 19.1. The van der Waals surface area contributed by atoms with Gasteiger partial charge in [-0.2, -0.15) is 0 Å². The van der Waals surface area contributed by atoms with Gasteiger partial charge < -0.3 is 0 Å². The number of hydrogen-bond donors (Lipinski definition) is 0. The van der Waals surface area contributed by atoms with Crippen molar-refractivity contribution < 1.29 is 4.39 Å². The molecular weight excluding hydrogens is 139 g/mol. The topological polar surface area (TPSA) is 0 Å². The second-order valence-corrected chi connectivity index (χ2v) is 2.33. The van der Waals surface area contributed by atoms with Crippen LogP contribution < -0.4 is 0 Å². The van der Waals surface area contributed by atoms with E-state index in [1.54, 1.807) is 0 Å². The van der Waals surface area contributed by atoms with Crippen molar-refractivity contribution in [3.8, 4) is 23.9 Å². The smallest absolute Gasteiger partial charge is 0.119 e. The SMILES string of the molecule is CCCCCCC#CC#CF. The Kier molecular flexibility index (Phi) is 8.27. The Labute approximate surface area is 68.2 Å². The van der Waals surface area contributed by atoms with E-state index in [1.165, 1.54) is 25.4 Å². The normalized spacial score (nSPS) is 7.45. The second-order valence-electron chi connectivity index (χ2n) is 2.33. The van der Waals surface area contributed by atoms with Crippen LogP contribution in [0, 0.1) is 23.9 Å². The number of unbranched alkanes of at least 4 members (excludes halogenated alkanes) is 4. The minimum atomic E-state index is 0.842. The summed E-state index contributed by atoms with van der Waals surface area (Å²) in [4.78, 5) is 0. The summed E-state index contributed by atoms with van der Waals surface area (Å²) in [6.07, 6.45) is 6.90. The van der Waals surface area contributed by atoms with E-state index in [0.29, 0.717) is 0 Å². The van der Waals surface area contributed by atoms with Crippen molar-refractivity contribution >= 4 is 0 Å². The van der Waals surface area contributed by atoms with Crippen LogP contribution in [0.25, 0.3) is 0 Å². The first-order chi connectivity index (χ1) is 5.41.